The SMILES string of the molecule is CC(=O)Oc1ccc2c3c1O[C@H]1[C@@H](OC(C)=O)C=C[C@H]4[C@@H](C2)N(C)CC[C@@]341.F[C@H]1CNCC[C@H]1c1ccc(OCc2ccccc2)cc1. The van der Waals surface area contributed by atoms with Gasteiger partial charge in [-0.2, -0.15) is 0 Å². The summed E-state index contributed by atoms with van der Waals surface area (Å²) >= 11 is 0. The van der Waals surface area contributed by atoms with Gasteiger partial charge in [0.1, 0.15) is 24.6 Å². The van der Waals surface area contributed by atoms with Crippen LogP contribution in [0.3, 0.4) is 0 Å². The first-order chi connectivity index (χ1) is 23.2. The van der Waals surface area contributed by atoms with Gasteiger partial charge in [0.2, 0.25) is 0 Å². The predicted octanol–water partition coefficient (Wildman–Crippen LogP) is 5.67. The number of esters is 2. The second kappa shape index (κ2) is 13.4. The Morgan fingerprint density at radius 3 is 2.54 bits per heavy atom. The lowest BCUT2D eigenvalue weighted by atomic mass is 9.53. The molecule has 48 heavy (non-hydrogen) atoms. The molecule has 3 aliphatic heterocycles. The van der Waals surface area contributed by atoms with Crippen LogP contribution in [0.25, 0.3) is 0 Å². The van der Waals surface area contributed by atoms with Crippen LogP contribution >= 0.6 is 0 Å². The van der Waals surface area contributed by atoms with Gasteiger partial charge in [-0.3, -0.25) is 9.59 Å². The van der Waals surface area contributed by atoms with Crippen molar-refractivity contribution in [3.63, 3.8) is 0 Å². The fourth-order valence-corrected chi connectivity index (χ4v) is 8.49. The summed E-state index contributed by atoms with van der Waals surface area (Å²) in [6, 6.07) is 22.2. The number of piperidine rings is 2. The molecule has 2 fully saturated rings. The number of hydrogen-bond donors (Lipinski definition) is 1. The molecule has 9 heteroatoms. The van der Waals surface area contributed by atoms with E-state index in [9.17, 15) is 14.0 Å². The van der Waals surface area contributed by atoms with Crippen molar-refractivity contribution < 1.29 is 32.9 Å². The highest BCUT2D eigenvalue weighted by Gasteiger charge is 2.65. The van der Waals surface area contributed by atoms with Gasteiger partial charge >= 0.3 is 11.9 Å². The average molecular weight is 655 g/mol. The van der Waals surface area contributed by atoms with Crippen LogP contribution in [0.2, 0.25) is 0 Å². The summed E-state index contributed by atoms with van der Waals surface area (Å²) in [4.78, 5) is 25.7. The molecule has 8 nitrogen and oxygen atoms in total. The fourth-order valence-electron chi connectivity index (χ4n) is 8.49. The van der Waals surface area contributed by atoms with E-state index in [-0.39, 0.29) is 35.3 Å². The second-order valence-corrected chi connectivity index (χ2v) is 13.5. The van der Waals surface area contributed by atoms with Crippen molar-refractivity contribution in [2.45, 2.75) is 75.5 Å². The van der Waals surface area contributed by atoms with E-state index in [0.29, 0.717) is 30.7 Å². The largest absolute Gasteiger partial charge is 0.489 e. The number of carbonyl (C=O) groups is 2. The molecule has 0 amide bonds. The summed E-state index contributed by atoms with van der Waals surface area (Å²) in [5.74, 6) is 1.55. The fraction of sp³-hybridized carbons (Fsp3) is 0.436. The van der Waals surface area contributed by atoms with Gasteiger partial charge in [-0.05, 0) is 80.4 Å². The van der Waals surface area contributed by atoms with E-state index in [4.69, 9.17) is 18.9 Å². The minimum absolute atomic E-state index is 0.00873. The number of halogens is 1. The van der Waals surface area contributed by atoms with Gasteiger partial charge < -0.3 is 29.2 Å². The summed E-state index contributed by atoms with van der Waals surface area (Å²) in [6.07, 6.45) is 5.37. The highest BCUT2D eigenvalue weighted by molar-refractivity contribution is 5.73. The summed E-state index contributed by atoms with van der Waals surface area (Å²) in [7, 11) is 2.17. The quantitative estimate of drug-likeness (QED) is 0.207. The maximum atomic E-state index is 13.9. The molecule has 2 saturated heterocycles. The Labute approximate surface area is 281 Å². The number of hydrogen-bond acceptors (Lipinski definition) is 8. The van der Waals surface area contributed by atoms with E-state index in [1.165, 1.54) is 19.4 Å². The number of carbonyl (C=O) groups excluding carboxylic acids is 2. The highest BCUT2D eigenvalue weighted by atomic mass is 19.1. The zero-order chi connectivity index (χ0) is 33.4. The van der Waals surface area contributed by atoms with E-state index in [0.717, 1.165) is 54.8 Å². The van der Waals surface area contributed by atoms with Crippen LogP contribution in [0.15, 0.2) is 78.9 Å². The Bertz CT molecular complexity index is 1680. The Kier molecular flexibility index (Phi) is 9.00. The smallest absolute Gasteiger partial charge is 0.308 e. The van der Waals surface area contributed by atoms with Crippen molar-refractivity contribution in [2.75, 3.05) is 26.7 Å². The number of likely N-dealkylation sites (N-methyl/N-ethyl adjacent to an activating group) is 1. The number of ether oxygens (including phenoxy) is 4. The van der Waals surface area contributed by atoms with Gasteiger partial charge in [0.15, 0.2) is 17.6 Å². The molecule has 3 aromatic rings. The number of alkyl halides is 1. The first-order valence-electron chi connectivity index (χ1n) is 16.9. The topological polar surface area (TPSA) is 86.3 Å². The number of rotatable bonds is 6. The maximum absolute atomic E-state index is 13.9. The van der Waals surface area contributed by atoms with Gasteiger partial charge in [0.25, 0.3) is 0 Å². The molecule has 2 aliphatic carbocycles. The molecule has 0 radical (unpaired) electrons. The molecule has 2 bridgehead atoms. The van der Waals surface area contributed by atoms with E-state index in [1.807, 2.05) is 66.7 Å². The third kappa shape index (κ3) is 5.98. The molecule has 1 N–H and O–H groups in total. The first kappa shape index (κ1) is 32.3. The van der Waals surface area contributed by atoms with Crippen LogP contribution in [0.4, 0.5) is 4.39 Å². The molecular weight excluding hydrogens is 611 g/mol. The Balaban J connectivity index is 0.000000157. The van der Waals surface area contributed by atoms with Crippen molar-refractivity contribution >= 4 is 11.9 Å². The molecule has 252 valence electrons. The molecule has 0 aromatic heterocycles. The predicted molar refractivity (Wildman–Crippen MR) is 179 cm³/mol. The summed E-state index contributed by atoms with van der Waals surface area (Å²) < 4.78 is 37.2. The summed E-state index contributed by atoms with van der Waals surface area (Å²) in [5.41, 5.74) is 4.36. The Hall–Kier alpha value is -4.21. The Morgan fingerprint density at radius 2 is 1.81 bits per heavy atom. The van der Waals surface area contributed by atoms with E-state index < -0.39 is 12.3 Å². The second-order valence-electron chi connectivity index (χ2n) is 13.5. The van der Waals surface area contributed by atoms with Crippen molar-refractivity contribution in [1.82, 2.24) is 10.2 Å². The molecule has 0 saturated carbocycles. The third-order valence-corrected chi connectivity index (χ3v) is 10.6. The minimum Gasteiger partial charge on any atom is -0.489 e. The summed E-state index contributed by atoms with van der Waals surface area (Å²) in [5, 5.41) is 3.08. The first-order valence-corrected chi connectivity index (χ1v) is 16.9. The zero-order valence-electron chi connectivity index (χ0n) is 27.7. The number of nitrogens with one attached hydrogen (secondary N) is 1. The molecule has 0 unspecified atom stereocenters. The van der Waals surface area contributed by atoms with E-state index in [1.54, 1.807) is 0 Å². The number of nitrogens with zero attached hydrogens (tertiary/aromatic N) is 1. The van der Waals surface area contributed by atoms with Gasteiger partial charge in [-0.15, -0.1) is 0 Å². The molecule has 1 spiro atoms. The minimum atomic E-state index is -0.796. The number of likely N-dealkylation sites (tertiary alicyclic amines) is 1. The van der Waals surface area contributed by atoms with Crippen LogP contribution < -0.4 is 19.5 Å². The van der Waals surface area contributed by atoms with Crippen LogP contribution in [0, 0.1) is 5.92 Å². The van der Waals surface area contributed by atoms with Crippen LogP contribution in [0.1, 0.15) is 54.9 Å². The van der Waals surface area contributed by atoms with Crippen LogP contribution in [-0.4, -0.2) is 67.9 Å². The maximum Gasteiger partial charge on any atom is 0.308 e. The molecule has 7 atom stereocenters. The lowest BCUT2D eigenvalue weighted by molar-refractivity contribution is -0.152. The monoisotopic (exact) mass is 654 g/mol. The molecule has 3 heterocycles. The molecule has 8 rings (SSSR count). The van der Waals surface area contributed by atoms with E-state index in [2.05, 4.69) is 29.4 Å². The van der Waals surface area contributed by atoms with Crippen LogP contribution in [-0.2, 0) is 32.8 Å². The zero-order valence-corrected chi connectivity index (χ0v) is 27.7. The number of benzene rings is 3. The van der Waals surface area contributed by atoms with Crippen molar-refractivity contribution in [3.05, 3.63) is 101 Å². The van der Waals surface area contributed by atoms with Crippen LogP contribution in [0.5, 0.6) is 17.2 Å². The van der Waals surface area contributed by atoms with Gasteiger partial charge in [0.05, 0.1) is 0 Å². The van der Waals surface area contributed by atoms with Crippen molar-refractivity contribution in [1.29, 1.82) is 0 Å². The highest BCUT2D eigenvalue weighted by Crippen LogP contribution is 2.62. The lowest BCUT2D eigenvalue weighted by Crippen LogP contribution is -2.65. The molecule has 5 aliphatic rings. The van der Waals surface area contributed by atoms with Gasteiger partial charge in [-0.1, -0.05) is 54.6 Å². The standard InChI is InChI=1S/C21H23NO5.C18H20FNO/c1-11(23)25-16-6-4-13-10-15-14-5-7-17(26-12(2)24)20-21(14,8-9-22(15)3)18(13)19(16)27-20;19-18-12-20-11-10-17(18)15-6-8-16(9-7-15)21-13-14-4-2-1-3-5-14/h4-7,14-15,17,20H,8-10H2,1-3H3;1-9,17-18,20H,10-13H2/t14-,15+,17-,20-,21-;17-,18-/m00/s1. The third-order valence-electron chi connectivity index (χ3n) is 10.6. The summed E-state index contributed by atoms with van der Waals surface area (Å²) in [6.45, 7) is 5.67. The Morgan fingerprint density at radius 1 is 1.02 bits per heavy atom. The van der Waals surface area contributed by atoms with Gasteiger partial charge in [-0.25, -0.2) is 4.39 Å². The average Bonchev–Trinajstić information content (AvgIpc) is 3.44. The molecule has 3 aromatic carbocycles. The normalized spacial score (nSPS) is 29.4. The lowest BCUT2D eigenvalue weighted by Gasteiger charge is -2.56. The van der Waals surface area contributed by atoms with E-state index >= 15 is 0 Å². The van der Waals surface area contributed by atoms with Crippen molar-refractivity contribution in [2.24, 2.45) is 5.92 Å². The van der Waals surface area contributed by atoms with Gasteiger partial charge in [0, 0.05) is 49.2 Å². The van der Waals surface area contributed by atoms with Crippen molar-refractivity contribution in [3.8, 4) is 17.2 Å². The molecular formula is C39H43FN2O6.